The smallest absolute Gasteiger partial charge is 0.410 e. The van der Waals surface area contributed by atoms with E-state index in [4.69, 9.17) is 4.74 Å². The number of fused-ring (bicyclic) bond motifs is 1. The van der Waals surface area contributed by atoms with E-state index in [1.165, 1.54) is 0 Å². The van der Waals surface area contributed by atoms with E-state index in [-0.39, 0.29) is 17.9 Å². The van der Waals surface area contributed by atoms with Gasteiger partial charge in [-0.25, -0.2) is 18.6 Å². The van der Waals surface area contributed by atoms with Gasteiger partial charge in [-0.1, -0.05) is 11.3 Å². The van der Waals surface area contributed by atoms with Crippen LogP contribution in [0.15, 0.2) is 12.1 Å². The van der Waals surface area contributed by atoms with Crippen LogP contribution in [0.2, 0.25) is 0 Å². The van der Waals surface area contributed by atoms with Crippen molar-refractivity contribution in [2.24, 2.45) is 5.92 Å². The average molecular weight is 411 g/mol. The number of anilines is 1. The van der Waals surface area contributed by atoms with Crippen molar-refractivity contribution >= 4 is 38.7 Å². The highest BCUT2D eigenvalue weighted by Crippen LogP contribution is 2.29. The fourth-order valence-corrected chi connectivity index (χ4v) is 3.94. The highest BCUT2D eigenvalue weighted by molar-refractivity contribution is 7.22. The maximum Gasteiger partial charge on any atom is 0.410 e. The molecule has 0 unspecified atom stereocenters. The summed E-state index contributed by atoms with van der Waals surface area (Å²) < 4.78 is 32.4. The number of nitrogens with one attached hydrogen (secondary N) is 1. The topological polar surface area (TPSA) is 71.5 Å². The fraction of sp³-hybridized carbons (Fsp3) is 0.526. The number of aromatic nitrogens is 1. The van der Waals surface area contributed by atoms with Crippen molar-refractivity contribution in [3.8, 4) is 0 Å². The average Bonchev–Trinajstić information content (AvgIpc) is 2.95. The molecule has 2 heterocycles. The Bertz CT molecular complexity index is 847. The first-order valence-electron chi connectivity index (χ1n) is 9.14. The Morgan fingerprint density at radius 1 is 1.25 bits per heavy atom. The number of rotatable bonds is 3. The van der Waals surface area contributed by atoms with Crippen molar-refractivity contribution in [3.63, 3.8) is 0 Å². The lowest BCUT2D eigenvalue weighted by molar-refractivity contribution is -0.117. The molecule has 0 bridgehead atoms. The van der Waals surface area contributed by atoms with Crippen molar-refractivity contribution in [2.75, 3.05) is 18.4 Å². The molecule has 152 valence electrons. The molecule has 28 heavy (non-hydrogen) atoms. The van der Waals surface area contributed by atoms with E-state index in [0.717, 1.165) is 23.5 Å². The van der Waals surface area contributed by atoms with Crippen LogP contribution in [0, 0.1) is 17.6 Å². The SMILES string of the molecule is CC(C)(C)OC(=O)N1CCC(CC(=O)Nc2nc3cc(F)c(F)cc3s2)CC1. The lowest BCUT2D eigenvalue weighted by Gasteiger charge is -2.33. The number of halogens is 2. The number of hydrogen-bond donors (Lipinski definition) is 1. The first-order chi connectivity index (χ1) is 13.1. The molecule has 1 aliphatic rings. The fourth-order valence-electron chi connectivity index (χ4n) is 3.06. The Morgan fingerprint density at radius 3 is 2.54 bits per heavy atom. The van der Waals surface area contributed by atoms with Crippen LogP contribution in [0.4, 0.5) is 18.7 Å². The molecule has 0 spiro atoms. The molecule has 2 amide bonds. The van der Waals surface area contributed by atoms with Gasteiger partial charge < -0.3 is 15.0 Å². The van der Waals surface area contributed by atoms with Gasteiger partial charge in [-0.3, -0.25) is 4.79 Å². The van der Waals surface area contributed by atoms with E-state index in [1.54, 1.807) is 4.90 Å². The van der Waals surface area contributed by atoms with E-state index in [9.17, 15) is 18.4 Å². The number of hydrogen-bond acceptors (Lipinski definition) is 5. The molecule has 6 nitrogen and oxygen atoms in total. The van der Waals surface area contributed by atoms with E-state index >= 15 is 0 Å². The molecule has 3 rings (SSSR count). The van der Waals surface area contributed by atoms with Crippen molar-refractivity contribution in [2.45, 2.75) is 45.6 Å². The van der Waals surface area contributed by atoms with Gasteiger partial charge in [0.25, 0.3) is 0 Å². The molecular formula is C19H23F2N3O3S. The van der Waals surface area contributed by atoms with E-state index < -0.39 is 17.2 Å². The van der Waals surface area contributed by atoms with Gasteiger partial charge in [0.1, 0.15) is 5.60 Å². The summed E-state index contributed by atoms with van der Waals surface area (Å²) in [6.07, 6.45) is 1.40. The second-order valence-corrected chi connectivity index (χ2v) is 8.95. The molecule has 0 radical (unpaired) electrons. The first kappa shape index (κ1) is 20.4. The largest absolute Gasteiger partial charge is 0.444 e. The van der Waals surface area contributed by atoms with Gasteiger partial charge in [-0.15, -0.1) is 0 Å². The van der Waals surface area contributed by atoms with E-state index in [0.29, 0.717) is 47.7 Å². The predicted molar refractivity (Wildman–Crippen MR) is 103 cm³/mol. The summed E-state index contributed by atoms with van der Waals surface area (Å²) >= 11 is 1.10. The summed E-state index contributed by atoms with van der Waals surface area (Å²) in [5.74, 6) is -1.95. The van der Waals surface area contributed by atoms with Crippen molar-refractivity contribution in [3.05, 3.63) is 23.8 Å². The molecule has 1 N–H and O–H groups in total. The molecule has 0 atom stereocenters. The third kappa shape index (κ3) is 5.15. The van der Waals surface area contributed by atoms with Crippen molar-refractivity contribution < 1.29 is 23.1 Å². The number of ether oxygens (including phenoxy) is 1. The van der Waals surface area contributed by atoms with Gasteiger partial charge in [0.2, 0.25) is 5.91 Å². The number of likely N-dealkylation sites (tertiary alicyclic amines) is 1. The van der Waals surface area contributed by atoms with E-state index in [2.05, 4.69) is 10.3 Å². The molecule has 1 saturated heterocycles. The van der Waals surface area contributed by atoms with Crippen LogP contribution in [0.5, 0.6) is 0 Å². The van der Waals surface area contributed by atoms with Gasteiger partial charge in [-0.05, 0) is 45.6 Å². The van der Waals surface area contributed by atoms with Gasteiger partial charge in [0, 0.05) is 25.6 Å². The van der Waals surface area contributed by atoms with Crippen LogP contribution < -0.4 is 5.32 Å². The Hall–Kier alpha value is -2.29. The summed E-state index contributed by atoms with van der Waals surface area (Å²) in [5.41, 5.74) is -0.221. The number of thiazole rings is 1. The standard InChI is InChI=1S/C19H23F2N3O3S/c1-19(2,3)27-18(26)24-6-4-11(5-7-24)8-16(25)23-17-22-14-9-12(20)13(21)10-15(14)28-17/h9-11H,4-8H2,1-3H3,(H,22,23,25). The molecular weight excluding hydrogens is 388 g/mol. The lowest BCUT2D eigenvalue weighted by atomic mass is 9.93. The highest BCUT2D eigenvalue weighted by Gasteiger charge is 2.28. The minimum Gasteiger partial charge on any atom is -0.444 e. The molecule has 0 saturated carbocycles. The molecule has 1 aliphatic heterocycles. The van der Waals surface area contributed by atoms with Crippen LogP contribution in [0.3, 0.4) is 0 Å². The molecule has 2 aromatic rings. The summed E-state index contributed by atoms with van der Waals surface area (Å²) in [4.78, 5) is 30.2. The van der Waals surface area contributed by atoms with Crippen LogP contribution in [-0.4, -0.2) is 40.6 Å². The molecule has 1 aromatic carbocycles. The minimum absolute atomic E-state index is 0.156. The zero-order valence-electron chi connectivity index (χ0n) is 16.1. The summed E-state index contributed by atoms with van der Waals surface area (Å²) in [6.45, 7) is 6.57. The summed E-state index contributed by atoms with van der Waals surface area (Å²) in [7, 11) is 0. The number of amides is 2. The van der Waals surface area contributed by atoms with Crippen LogP contribution in [0.25, 0.3) is 10.2 Å². The maximum absolute atomic E-state index is 13.3. The Kier molecular flexibility index (Phi) is 5.83. The number of piperidine rings is 1. The summed E-state index contributed by atoms with van der Waals surface area (Å²) in [6, 6.07) is 2.09. The zero-order chi connectivity index (χ0) is 20.5. The minimum atomic E-state index is -0.965. The molecule has 0 aliphatic carbocycles. The quantitative estimate of drug-likeness (QED) is 0.804. The summed E-state index contributed by atoms with van der Waals surface area (Å²) in [5, 5.41) is 3.02. The lowest BCUT2D eigenvalue weighted by Crippen LogP contribution is -2.42. The normalized spacial score (nSPS) is 15.7. The monoisotopic (exact) mass is 411 g/mol. The van der Waals surface area contributed by atoms with E-state index in [1.807, 2.05) is 20.8 Å². The second kappa shape index (κ2) is 7.98. The van der Waals surface area contributed by atoms with Gasteiger partial charge >= 0.3 is 6.09 Å². The number of carbonyl (C=O) groups excluding carboxylic acids is 2. The van der Waals surface area contributed by atoms with Gasteiger partial charge in [0.05, 0.1) is 10.2 Å². The highest BCUT2D eigenvalue weighted by atomic mass is 32.1. The number of benzene rings is 1. The second-order valence-electron chi connectivity index (χ2n) is 7.92. The third-order valence-electron chi connectivity index (χ3n) is 4.42. The van der Waals surface area contributed by atoms with Crippen LogP contribution in [0.1, 0.15) is 40.0 Å². The Balaban J connectivity index is 1.50. The molecule has 9 heteroatoms. The van der Waals surface area contributed by atoms with Gasteiger partial charge in [-0.2, -0.15) is 0 Å². The van der Waals surface area contributed by atoms with Crippen molar-refractivity contribution in [1.29, 1.82) is 0 Å². The van der Waals surface area contributed by atoms with Crippen molar-refractivity contribution in [1.82, 2.24) is 9.88 Å². The first-order valence-corrected chi connectivity index (χ1v) is 9.96. The third-order valence-corrected chi connectivity index (χ3v) is 5.35. The van der Waals surface area contributed by atoms with Crippen LogP contribution in [-0.2, 0) is 9.53 Å². The van der Waals surface area contributed by atoms with Gasteiger partial charge in [0.15, 0.2) is 16.8 Å². The van der Waals surface area contributed by atoms with Crippen LogP contribution >= 0.6 is 11.3 Å². The Morgan fingerprint density at radius 2 is 1.89 bits per heavy atom. The Labute approximate surface area is 165 Å². The molecule has 1 fully saturated rings. The maximum atomic E-state index is 13.3. The number of nitrogens with zero attached hydrogens (tertiary/aromatic N) is 2. The zero-order valence-corrected chi connectivity index (χ0v) is 16.9. The number of carbonyl (C=O) groups is 2. The molecule has 1 aromatic heterocycles. The predicted octanol–water partition coefficient (Wildman–Crippen LogP) is 4.55.